The Morgan fingerprint density at radius 1 is 1.00 bits per heavy atom. The van der Waals surface area contributed by atoms with Gasteiger partial charge in [-0.05, 0) is 99.8 Å². The van der Waals surface area contributed by atoms with Crippen LogP contribution in [0, 0.1) is 11.7 Å². The predicted molar refractivity (Wildman–Crippen MR) is 136 cm³/mol. The number of anilines is 1. The number of benzene rings is 1. The third-order valence-corrected chi connectivity index (χ3v) is 7.57. The summed E-state index contributed by atoms with van der Waals surface area (Å²) in [6.07, 6.45) is 10.7. The minimum Gasteiger partial charge on any atom is -0.366 e. The second kappa shape index (κ2) is 10.8. The van der Waals surface area contributed by atoms with Crippen molar-refractivity contribution in [2.45, 2.75) is 57.5 Å². The number of halogens is 2. The van der Waals surface area contributed by atoms with Crippen molar-refractivity contribution in [3.05, 3.63) is 76.8 Å². The quantitative estimate of drug-likeness (QED) is 0.408. The Kier molecular flexibility index (Phi) is 7.41. The fourth-order valence-electron chi connectivity index (χ4n) is 5.43. The van der Waals surface area contributed by atoms with E-state index in [2.05, 4.69) is 21.3 Å². The molecule has 2 aliphatic rings. The normalized spacial score (nSPS) is 21.0. The van der Waals surface area contributed by atoms with Crippen LogP contribution in [0.25, 0.3) is 11.3 Å². The molecular weight excluding hydrogens is 447 g/mol. The number of pyridine rings is 2. The lowest BCUT2D eigenvalue weighted by atomic mass is 9.82. The van der Waals surface area contributed by atoms with E-state index in [0.29, 0.717) is 17.5 Å². The third-order valence-electron chi connectivity index (χ3n) is 7.27. The first-order chi connectivity index (χ1) is 16.6. The number of hydrogen-bond acceptors (Lipinski definition) is 4. The van der Waals surface area contributed by atoms with Gasteiger partial charge in [0.25, 0.3) is 0 Å². The highest BCUT2D eigenvalue weighted by molar-refractivity contribution is 6.33. The molecule has 0 radical (unpaired) electrons. The van der Waals surface area contributed by atoms with Crippen LogP contribution in [0.2, 0.25) is 5.02 Å². The molecule has 1 aliphatic heterocycles. The molecule has 1 aromatic carbocycles. The summed E-state index contributed by atoms with van der Waals surface area (Å²) in [5.41, 5.74) is 3.68. The molecule has 2 aromatic heterocycles. The summed E-state index contributed by atoms with van der Waals surface area (Å²) in [5.74, 6) is 1.19. The molecule has 1 N–H and O–H groups in total. The van der Waals surface area contributed by atoms with E-state index in [0.717, 1.165) is 40.8 Å². The summed E-state index contributed by atoms with van der Waals surface area (Å²) >= 11 is 6.54. The van der Waals surface area contributed by atoms with Gasteiger partial charge in [-0.2, -0.15) is 0 Å². The lowest BCUT2D eigenvalue weighted by molar-refractivity contribution is 0.164. The van der Waals surface area contributed by atoms with E-state index in [1.165, 1.54) is 63.7 Å². The topological polar surface area (TPSA) is 41.0 Å². The number of hydrogen-bond donors (Lipinski definition) is 1. The summed E-state index contributed by atoms with van der Waals surface area (Å²) in [6.45, 7) is 3.09. The molecule has 1 saturated heterocycles. The van der Waals surface area contributed by atoms with E-state index in [4.69, 9.17) is 16.6 Å². The number of nitrogens with zero attached hydrogens (tertiary/aromatic N) is 3. The van der Waals surface area contributed by atoms with E-state index in [-0.39, 0.29) is 5.82 Å². The Morgan fingerprint density at radius 3 is 2.59 bits per heavy atom. The lowest BCUT2D eigenvalue weighted by Crippen LogP contribution is -2.36. The van der Waals surface area contributed by atoms with Gasteiger partial charge in [0.2, 0.25) is 0 Å². The van der Waals surface area contributed by atoms with Gasteiger partial charge in [0, 0.05) is 30.0 Å². The molecular formula is C28H32ClFN4. The van der Waals surface area contributed by atoms with Crippen molar-refractivity contribution in [1.29, 1.82) is 0 Å². The number of likely N-dealkylation sites (tertiary alicyclic amines) is 1. The Labute approximate surface area is 206 Å². The Bertz CT molecular complexity index is 1110. The standard InChI is InChI=1S/C28H32ClFN4/c29-26-19-31-23(16-20-9-11-24(12-10-20)34-13-1-2-14-34)17-25(26)27-7-4-8-28(33-27)32-18-21-5-3-6-22(30)15-21/h3-8,15,17,19-20,24H,1-2,9-14,16,18H2,(H,32,33). The minimum absolute atomic E-state index is 0.235. The highest BCUT2D eigenvalue weighted by Crippen LogP contribution is 2.33. The molecule has 0 spiro atoms. The van der Waals surface area contributed by atoms with Gasteiger partial charge in [-0.25, -0.2) is 9.37 Å². The van der Waals surface area contributed by atoms with Crippen LogP contribution in [-0.4, -0.2) is 34.0 Å². The number of aromatic nitrogens is 2. The van der Waals surface area contributed by atoms with Crippen molar-refractivity contribution < 1.29 is 4.39 Å². The van der Waals surface area contributed by atoms with Crippen LogP contribution in [0.3, 0.4) is 0 Å². The highest BCUT2D eigenvalue weighted by Gasteiger charge is 2.27. The molecule has 0 bridgehead atoms. The first kappa shape index (κ1) is 23.3. The smallest absolute Gasteiger partial charge is 0.126 e. The van der Waals surface area contributed by atoms with Crippen molar-refractivity contribution in [2.24, 2.45) is 5.92 Å². The number of rotatable bonds is 7. The van der Waals surface area contributed by atoms with E-state index >= 15 is 0 Å². The highest BCUT2D eigenvalue weighted by atomic mass is 35.5. The summed E-state index contributed by atoms with van der Waals surface area (Å²) in [7, 11) is 0. The second-order valence-corrected chi connectivity index (χ2v) is 10.1. The molecule has 3 aromatic rings. The minimum atomic E-state index is -0.235. The van der Waals surface area contributed by atoms with Crippen molar-refractivity contribution in [3.8, 4) is 11.3 Å². The molecule has 1 aliphatic carbocycles. The fourth-order valence-corrected chi connectivity index (χ4v) is 5.63. The van der Waals surface area contributed by atoms with Gasteiger partial charge in [0.15, 0.2) is 0 Å². The fraction of sp³-hybridized carbons (Fsp3) is 0.429. The zero-order valence-electron chi connectivity index (χ0n) is 19.5. The van der Waals surface area contributed by atoms with Gasteiger partial charge in [-0.3, -0.25) is 4.98 Å². The van der Waals surface area contributed by atoms with Gasteiger partial charge < -0.3 is 10.2 Å². The molecule has 2 fully saturated rings. The SMILES string of the molecule is Fc1cccc(CNc2cccc(-c3cc(CC4CCC(N5CCCC5)CC4)ncc3Cl)n2)c1. The largest absolute Gasteiger partial charge is 0.366 e. The monoisotopic (exact) mass is 478 g/mol. The maximum atomic E-state index is 13.5. The zero-order valence-corrected chi connectivity index (χ0v) is 20.3. The molecule has 6 heteroatoms. The van der Waals surface area contributed by atoms with Crippen molar-refractivity contribution >= 4 is 17.4 Å². The summed E-state index contributed by atoms with van der Waals surface area (Å²) in [5, 5.41) is 3.89. The summed E-state index contributed by atoms with van der Waals surface area (Å²) in [6, 6.07) is 15.3. The maximum Gasteiger partial charge on any atom is 0.126 e. The van der Waals surface area contributed by atoms with Crippen LogP contribution >= 0.6 is 11.6 Å². The van der Waals surface area contributed by atoms with Crippen molar-refractivity contribution in [2.75, 3.05) is 18.4 Å². The van der Waals surface area contributed by atoms with Crippen molar-refractivity contribution in [1.82, 2.24) is 14.9 Å². The van der Waals surface area contributed by atoms with Gasteiger partial charge in [0.05, 0.1) is 10.7 Å². The van der Waals surface area contributed by atoms with Crippen LogP contribution in [0.4, 0.5) is 10.2 Å². The molecule has 3 heterocycles. The summed E-state index contributed by atoms with van der Waals surface area (Å²) in [4.78, 5) is 12.1. The molecule has 0 unspecified atom stereocenters. The molecule has 1 saturated carbocycles. The van der Waals surface area contributed by atoms with Crippen molar-refractivity contribution in [3.63, 3.8) is 0 Å². The molecule has 178 valence electrons. The van der Waals surface area contributed by atoms with E-state index < -0.39 is 0 Å². The number of nitrogens with one attached hydrogen (secondary N) is 1. The van der Waals surface area contributed by atoms with Gasteiger partial charge in [-0.1, -0.05) is 29.8 Å². The Balaban J connectivity index is 1.23. The maximum absolute atomic E-state index is 13.5. The zero-order chi connectivity index (χ0) is 23.3. The molecule has 4 nitrogen and oxygen atoms in total. The van der Waals surface area contributed by atoms with Gasteiger partial charge in [-0.15, -0.1) is 0 Å². The van der Waals surface area contributed by atoms with Crippen LogP contribution < -0.4 is 5.32 Å². The average molecular weight is 479 g/mol. The van der Waals surface area contributed by atoms with Crippen LogP contribution in [0.5, 0.6) is 0 Å². The molecule has 34 heavy (non-hydrogen) atoms. The van der Waals surface area contributed by atoms with E-state index in [1.54, 1.807) is 12.3 Å². The first-order valence-corrected chi connectivity index (χ1v) is 12.9. The van der Waals surface area contributed by atoms with E-state index in [9.17, 15) is 4.39 Å². The van der Waals surface area contributed by atoms with Crippen LogP contribution in [-0.2, 0) is 13.0 Å². The molecule has 0 amide bonds. The molecule has 5 rings (SSSR count). The third kappa shape index (κ3) is 5.76. The predicted octanol–water partition coefficient (Wildman–Crippen LogP) is 6.75. The van der Waals surface area contributed by atoms with Gasteiger partial charge in [0.1, 0.15) is 11.6 Å². The Morgan fingerprint density at radius 2 is 1.79 bits per heavy atom. The van der Waals surface area contributed by atoms with Crippen LogP contribution in [0.1, 0.15) is 49.8 Å². The Hall–Kier alpha value is -2.50. The van der Waals surface area contributed by atoms with Gasteiger partial charge >= 0.3 is 0 Å². The van der Waals surface area contributed by atoms with E-state index in [1.807, 2.05) is 24.3 Å². The lowest BCUT2D eigenvalue weighted by Gasteiger charge is -2.34. The summed E-state index contributed by atoms with van der Waals surface area (Å²) < 4.78 is 13.5. The van der Waals surface area contributed by atoms with Crippen LogP contribution in [0.15, 0.2) is 54.7 Å². The average Bonchev–Trinajstić information content (AvgIpc) is 3.40. The second-order valence-electron chi connectivity index (χ2n) is 9.67. The molecule has 0 atom stereocenters. The first-order valence-electron chi connectivity index (χ1n) is 12.5.